The van der Waals surface area contributed by atoms with Crippen molar-refractivity contribution < 1.29 is 17.4 Å². The van der Waals surface area contributed by atoms with Gasteiger partial charge in [0.25, 0.3) is 0 Å². The number of hydrogen-bond donors (Lipinski definition) is 0. The van der Waals surface area contributed by atoms with Gasteiger partial charge in [-0.3, -0.25) is 4.98 Å². The summed E-state index contributed by atoms with van der Waals surface area (Å²) in [5.74, 6) is 0. The third-order valence-corrected chi connectivity index (χ3v) is 4.45. The van der Waals surface area contributed by atoms with Gasteiger partial charge in [-0.15, -0.1) is 4.36 Å². The van der Waals surface area contributed by atoms with E-state index in [1.165, 1.54) is 25.4 Å². The van der Waals surface area contributed by atoms with Crippen LogP contribution in [0.1, 0.15) is 23.4 Å². The zero-order chi connectivity index (χ0) is 14.0. The van der Waals surface area contributed by atoms with Gasteiger partial charge < -0.3 is 0 Å². The number of nitrogens with zero attached hydrogens (tertiary/aromatic N) is 3. The van der Waals surface area contributed by atoms with Gasteiger partial charge in [-0.2, -0.15) is 18.4 Å². The van der Waals surface area contributed by atoms with E-state index in [4.69, 9.17) is 5.26 Å². The monoisotopic (exact) mass is 277 g/mol. The Morgan fingerprint density at radius 2 is 2.11 bits per heavy atom. The van der Waals surface area contributed by atoms with Crippen LogP contribution in [-0.4, -0.2) is 15.4 Å². The molecule has 8 heteroatoms. The third kappa shape index (κ3) is 3.20. The first-order chi connectivity index (χ1) is 8.18. The van der Waals surface area contributed by atoms with Crippen molar-refractivity contribution in [3.63, 3.8) is 0 Å². The molecule has 0 amide bonds. The van der Waals surface area contributed by atoms with Crippen molar-refractivity contribution in [2.24, 2.45) is 4.36 Å². The third-order valence-electron chi connectivity index (χ3n) is 2.42. The molecule has 0 saturated heterocycles. The minimum Gasteiger partial charge on any atom is -0.251 e. The van der Waals surface area contributed by atoms with Gasteiger partial charge in [0.2, 0.25) is 6.19 Å². The van der Waals surface area contributed by atoms with Gasteiger partial charge in [-0.1, -0.05) is 6.07 Å². The van der Waals surface area contributed by atoms with Crippen molar-refractivity contribution in [3.8, 4) is 6.19 Å². The lowest BCUT2D eigenvalue weighted by Gasteiger charge is -2.13. The molecule has 0 aliphatic carbocycles. The normalized spacial score (nSPS) is 16.4. The topological polar surface area (TPSA) is 66.1 Å². The van der Waals surface area contributed by atoms with Crippen molar-refractivity contribution in [2.75, 3.05) is 6.26 Å². The van der Waals surface area contributed by atoms with Crippen LogP contribution in [-0.2, 0) is 15.9 Å². The van der Waals surface area contributed by atoms with Crippen molar-refractivity contribution in [2.45, 2.75) is 18.3 Å². The maximum Gasteiger partial charge on any atom is 0.433 e. The average Bonchev–Trinajstić information content (AvgIpc) is 2.27. The number of rotatable bonds is 2. The first-order valence-electron chi connectivity index (χ1n) is 4.80. The molecule has 0 aliphatic rings. The molecule has 18 heavy (non-hydrogen) atoms. The molecule has 0 spiro atoms. The highest BCUT2D eigenvalue weighted by Gasteiger charge is 2.32. The minimum atomic E-state index is -4.51. The molecular formula is C10H10F3N3OS. The Labute approximate surface area is 103 Å². The summed E-state index contributed by atoms with van der Waals surface area (Å²) in [5, 5.41) is 7.71. The number of halogens is 3. The summed E-state index contributed by atoms with van der Waals surface area (Å²) in [7, 11) is -2.82. The Hall–Kier alpha value is -1.62. The van der Waals surface area contributed by atoms with E-state index in [-0.39, 0.29) is 0 Å². The van der Waals surface area contributed by atoms with E-state index in [0.717, 1.165) is 12.3 Å². The van der Waals surface area contributed by atoms with Crippen LogP contribution in [0.4, 0.5) is 13.2 Å². The predicted molar refractivity (Wildman–Crippen MR) is 59.8 cm³/mol. The fourth-order valence-corrected chi connectivity index (χ4v) is 2.19. The van der Waals surface area contributed by atoms with Crippen LogP contribution < -0.4 is 0 Å². The number of nitriles is 1. The molecule has 4 nitrogen and oxygen atoms in total. The van der Waals surface area contributed by atoms with Crippen LogP contribution in [0.25, 0.3) is 0 Å². The molecule has 0 radical (unpaired) electrons. The van der Waals surface area contributed by atoms with E-state index in [0.29, 0.717) is 5.56 Å². The van der Waals surface area contributed by atoms with Gasteiger partial charge in [-0.05, 0) is 18.6 Å². The zero-order valence-corrected chi connectivity index (χ0v) is 10.4. The Balaban J connectivity index is 3.12. The lowest BCUT2D eigenvalue weighted by molar-refractivity contribution is -0.141. The van der Waals surface area contributed by atoms with E-state index in [9.17, 15) is 17.4 Å². The van der Waals surface area contributed by atoms with Gasteiger partial charge in [0, 0.05) is 12.5 Å². The molecule has 0 aromatic carbocycles. The zero-order valence-electron chi connectivity index (χ0n) is 9.60. The summed E-state index contributed by atoms with van der Waals surface area (Å²) < 4.78 is 52.1. The summed E-state index contributed by atoms with van der Waals surface area (Å²) in [4.78, 5) is 3.27. The van der Waals surface area contributed by atoms with Gasteiger partial charge in [0.05, 0.1) is 15.0 Å². The molecule has 0 N–H and O–H groups in total. The van der Waals surface area contributed by atoms with E-state index >= 15 is 0 Å². The molecule has 0 unspecified atom stereocenters. The van der Waals surface area contributed by atoms with Gasteiger partial charge in [0.15, 0.2) is 0 Å². The van der Waals surface area contributed by atoms with E-state index in [1.54, 1.807) is 0 Å². The summed E-state index contributed by atoms with van der Waals surface area (Å²) in [6, 6.07) is 2.00. The first-order valence-corrected chi connectivity index (χ1v) is 6.79. The summed E-state index contributed by atoms with van der Waals surface area (Å²) in [6.45, 7) is 1.52. The van der Waals surface area contributed by atoms with Gasteiger partial charge in [-0.25, -0.2) is 4.21 Å². The standard InChI is InChI=1S/C10H10F3N3OS/c1-7(18(2,17)16-6-14)8-3-4-9(15-5-8)10(11,12)13/h3-5,7H,1-2H3/t7-,18+/m1/s1. The second-order valence-corrected chi connectivity index (χ2v) is 6.28. The van der Waals surface area contributed by atoms with Crippen LogP contribution in [0.3, 0.4) is 0 Å². The SMILES string of the molecule is C[C@H](c1ccc(C(F)(F)F)nc1)[S@](C)(=O)=NC#N. The molecule has 1 heterocycles. The van der Waals surface area contributed by atoms with Crippen molar-refractivity contribution >= 4 is 9.73 Å². The molecule has 2 atom stereocenters. The smallest absolute Gasteiger partial charge is 0.251 e. The highest BCUT2D eigenvalue weighted by Crippen LogP contribution is 2.29. The van der Waals surface area contributed by atoms with Gasteiger partial charge in [0.1, 0.15) is 5.69 Å². The Morgan fingerprint density at radius 1 is 1.50 bits per heavy atom. The van der Waals surface area contributed by atoms with E-state index < -0.39 is 26.8 Å². The first kappa shape index (κ1) is 14.4. The molecule has 1 rings (SSSR count). The van der Waals surface area contributed by atoms with Crippen LogP contribution in [0.5, 0.6) is 0 Å². The molecule has 1 aromatic rings. The molecule has 0 bridgehead atoms. The molecule has 0 saturated carbocycles. The number of alkyl halides is 3. The van der Waals surface area contributed by atoms with Gasteiger partial charge >= 0.3 is 6.18 Å². The van der Waals surface area contributed by atoms with E-state index in [2.05, 4.69) is 9.35 Å². The summed E-state index contributed by atoms with van der Waals surface area (Å²) >= 11 is 0. The maximum absolute atomic E-state index is 12.3. The largest absolute Gasteiger partial charge is 0.433 e. The second kappa shape index (κ2) is 4.94. The van der Waals surface area contributed by atoms with Crippen molar-refractivity contribution in [1.82, 2.24) is 4.98 Å². The lowest BCUT2D eigenvalue weighted by atomic mass is 10.2. The quantitative estimate of drug-likeness (QED) is 0.781. The van der Waals surface area contributed by atoms with E-state index in [1.807, 2.05) is 0 Å². The maximum atomic E-state index is 12.3. The Kier molecular flexibility index (Phi) is 3.96. The summed E-state index contributed by atoms with van der Waals surface area (Å²) in [6.07, 6.45) is -0.784. The number of pyridine rings is 1. The predicted octanol–water partition coefficient (Wildman–Crippen LogP) is 2.74. The molecular weight excluding hydrogens is 267 g/mol. The molecule has 1 aromatic heterocycles. The fourth-order valence-electron chi connectivity index (χ4n) is 1.23. The molecule has 98 valence electrons. The number of hydrogen-bond acceptors (Lipinski definition) is 4. The van der Waals surface area contributed by atoms with Crippen LogP contribution in [0, 0.1) is 11.5 Å². The second-order valence-electron chi connectivity index (χ2n) is 3.67. The number of aromatic nitrogens is 1. The highest BCUT2D eigenvalue weighted by atomic mass is 32.2. The van der Waals surface area contributed by atoms with Crippen LogP contribution in [0.2, 0.25) is 0 Å². The van der Waals surface area contributed by atoms with Crippen LogP contribution in [0.15, 0.2) is 22.7 Å². The Bertz CT molecular complexity index is 580. The fraction of sp³-hybridized carbons (Fsp3) is 0.400. The van der Waals surface area contributed by atoms with Crippen molar-refractivity contribution in [3.05, 3.63) is 29.6 Å². The Morgan fingerprint density at radius 3 is 2.50 bits per heavy atom. The lowest BCUT2D eigenvalue weighted by Crippen LogP contribution is -2.11. The molecule has 0 fully saturated rings. The minimum absolute atomic E-state index is 0.342. The summed E-state index contributed by atoms with van der Waals surface area (Å²) in [5.41, 5.74) is -0.673. The average molecular weight is 277 g/mol. The van der Waals surface area contributed by atoms with Crippen LogP contribution >= 0.6 is 0 Å². The van der Waals surface area contributed by atoms with Crippen molar-refractivity contribution in [1.29, 1.82) is 5.26 Å². The molecule has 0 aliphatic heterocycles. The highest BCUT2D eigenvalue weighted by molar-refractivity contribution is 7.93.